The fourth-order valence-corrected chi connectivity index (χ4v) is 3.69. The van der Waals surface area contributed by atoms with Crippen molar-refractivity contribution >= 4 is 29.2 Å². The molecule has 1 N–H and O–H groups in total. The minimum absolute atomic E-state index is 0.0497. The van der Waals surface area contributed by atoms with Crippen molar-refractivity contribution in [3.05, 3.63) is 77.5 Å². The van der Waals surface area contributed by atoms with E-state index in [0.717, 1.165) is 18.4 Å². The van der Waals surface area contributed by atoms with Crippen LogP contribution in [0.4, 0.5) is 5.82 Å². The molecule has 4 rings (SSSR count). The number of benzene rings is 1. The molecule has 1 saturated heterocycles. The summed E-state index contributed by atoms with van der Waals surface area (Å²) in [5.74, 6) is 0.0197. The Morgan fingerprint density at radius 3 is 2.70 bits per heavy atom. The highest BCUT2D eigenvalue weighted by molar-refractivity contribution is 6.30. The Kier molecular flexibility index (Phi) is 6.09. The van der Waals surface area contributed by atoms with Crippen molar-refractivity contribution in [1.29, 1.82) is 0 Å². The van der Waals surface area contributed by atoms with E-state index in [1.54, 1.807) is 29.6 Å². The van der Waals surface area contributed by atoms with Gasteiger partial charge in [-0.2, -0.15) is 0 Å². The van der Waals surface area contributed by atoms with Gasteiger partial charge in [-0.15, -0.1) is 0 Å². The van der Waals surface area contributed by atoms with Crippen LogP contribution in [0, 0.1) is 5.92 Å². The predicted octanol–water partition coefficient (Wildman–Crippen LogP) is 3.47. The molecular weight excluding hydrogens is 402 g/mol. The molecular formula is C22H22ClN5O2. The molecule has 8 heteroatoms. The third-order valence-corrected chi connectivity index (χ3v) is 5.41. The monoisotopic (exact) mass is 423 g/mol. The van der Waals surface area contributed by atoms with Gasteiger partial charge in [0, 0.05) is 43.8 Å². The van der Waals surface area contributed by atoms with Crippen LogP contribution in [0.3, 0.4) is 0 Å². The van der Waals surface area contributed by atoms with Crippen molar-refractivity contribution in [2.45, 2.75) is 19.4 Å². The van der Waals surface area contributed by atoms with Crippen molar-refractivity contribution in [1.82, 2.24) is 19.4 Å². The summed E-state index contributed by atoms with van der Waals surface area (Å²) in [5, 5.41) is 3.32. The average molecular weight is 424 g/mol. The molecule has 3 aromatic rings. The van der Waals surface area contributed by atoms with Crippen LogP contribution in [0.1, 0.15) is 28.8 Å². The van der Waals surface area contributed by atoms with Crippen LogP contribution >= 0.6 is 11.6 Å². The quantitative estimate of drug-likeness (QED) is 0.681. The maximum Gasteiger partial charge on any atom is 0.253 e. The number of anilines is 1. The lowest BCUT2D eigenvalue weighted by atomic mass is 9.96. The number of halogens is 1. The molecule has 154 valence electrons. The van der Waals surface area contributed by atoms with E-state index in [1.165, 1.54) is 6.20 Å². The van der Waals surface area contributed by atoms with Gasteiger partial charge in [0.2, 0.25) is 5.91 Å². The molecule has 3 heterocycles. The zero-order chi connectivity index (χ0) is 20.9. The Balaban J connectivity index is 1.36. The number of nitrogens with zero attached hydrogens (tertiary/aromatic N) is 4. The molecule has 1 fully saturated rings. The molecule has 1 aliphatic heterocycles. The third-order valence-electron chi connectivity index (χ3n) is 5.18. The predicted molar refractivity (Wildman–Crippen MR) is 114 cm³/mol. The van der Waals surface area contributed by atoms with Crippen LogP contribution in [0.5, 0.6) is 0 Å². The van der Waals surface area contributed by atoms with Gasteiger partial charge < -0.3 is 14.8 Å². The first-order chi connectivity index (χ1) is 14.6. The number of carbonyl (C=O) groups excluding carboxylic acids is 2. The Morgan fingerprint density at radius 1 is 1.17 bits per heavy atom. The van der Waals surface area contributed by atoms with E-state index in [-0.39, 0.29) is 17.7 Å². The second kappa shape index (κ2) is 9.09. The number of likely N-dealkylation sites (tertiary alicyclic amines) is 1. The lowest BCUT2D eigenvalue weighted by molar-refractivity contribution is -0.121. The molecule has 1 atom stereocenters. The zero-order valence-electron chi connectivity index (χ0n) is 16.4. The number of pyridine rings is 1. The Hall–Kier alpha value is -3.19. The summed E-state index contributed by atoms with van der Waals surface area (Å²) in [6.45, 7) is 1.76. The molecule has 2 amide bonds. The summed E-state index contributed by atoms with van der Waals surface area (Å²) in [7, 11) is 0. The minimum atomic E-state index is -0.263. The number of amides is 2. The first kappa shape index (κ1) is 20.1. The van der Waals surface area contributed by atoms with Crippen LogP contribution in [-0.4, -0.2) is 44.3 Å². The second-order valence-electron chi connectivity index (χ2n) is 7.37. The summed E-state index contributed by atoms with van der Waals surface area (Å²) < 4.78 is 1.97. The zero-order valence-corrected chi connectivity index (χ0v) is 17.1. The summed E-state index contributed by atoms with van der Waals surface area (Å²) in [6.07, 6.45) is 8.42. The molecule has 2 aromatic heterocycles. The molecule has 1 aromatic carbocycles. The number of nitrogens with one attached hydrogen (secondary N) is 1. The topological polar surface area (TPSA) is 80.1 Å². The molecule has 0 radical (unpaired) electrons. The van der Waals surface area contributed by atoms with E-state index in [9.17, 15) is 9.59 Å². The van der Waals surface area contributed by atoms with Crippen molar-refractivity contribution in [2.75, 3.05) is 18.4 Å². The lowest BCUT2D eigenvalue weighted by Gasteiger charge is -2.32. The number of hydrogen-bond donors (Lipinski definition) is 1. The smallest absolute Gasteiger partial charge is 0.253 e. The number of hydrogen-bond acceptors (Lipinski definition) is 4. The van der Waals surface area contributed by atoms with Crippen LogP contribution in [0.2, 0.25) is 5.02 Å². The Labute approximate surface area is 179 Å². The highest BCUT2D eigenvalue weighted by Gasteiger charge is 2.29. The number of carbonyl (C=O) groups is 2. The molecule has 0 saturated carbocycles. The molecule has 0 aliphatic carbocycles. The van der Waals surface area contributed by atoms with Crippen molar-refractivity contribution in [3.8, 4) is 0 Å². The average Bonchev–Trinajstić information content (AvgIpc) is 3.28. The van der Waals surface area contributed by atoms with Gasteiger partial charge in [-0.05, 0) is 42.7 Å². The van der Waals surface area contributed by atoms with Gasteiger partial charge in [0.1, 0.15) is 5.82 Å². The largest absolute Gasteiger partial charge is 0.338 e. The fraction of sp³-hybridized carbons (Fsp3) is 0.273. The summed E-state index contributed by atoms with van der Waals surface area (Å²) in [5.41, 5.74) is 1.72. The van der Waals surface area contributed by atoms with E-state index in [2.05, 4.69) is 15.3 Å². The van der Waals surface area contributed by atoms with Gasteiger partial charge in [0.15, 0.2) is 0 Å². The Morgan fingerprint density at radius 2 is 2.00 bits per heavy atom. The van der Waals surface area contributed by atoms with Crippen LogP contribution in [0.15, 0.2) is 61.3 Å². The highest BCUT2D eigenvalue weighted by atomic mass is 35.5. The number of piperidine rings is 1. The fourth-order valence-electron chi connectivity index (χ4n) is 3.58. The van der Waals surface area contributed by atoms with Crippen LogP contribution < -0.4 is 5.32 Å². The third kappa shape index (κ3) is 4.86. The number of aromatic nitrogens is 3. The van der Waals surface area contributed by atoms with Gasteiger partial charge in [0.05, 0.1) is 17.3 Å². The minimum Gasteiger partial charge on any atom is -0.338 e. The summed E-state index contributed by atoms with van der Waals surface area (Å²) >= 11 is 5.83. The van der Waals surface area contributed by atoms with Gasteiger partial charge >= 0.3 is 0 Å². The van der Waals surface area contributed by atoms with E-state index in [0.29, 0.717) is 36.0 Å². The van der Waals surface area contributed by atoms with E-state index >= 15 is 0 Å². The molecule has 1 aliphatic rings. The number of imidazole rings is 1. The van der Waals surface area contributed by atoms with Crippen molar-refractivity contribution in [3.63, 3.8) is 0 Å². The summed E-state index contributed by atoms with van der Waals surface area (Å²) in [6, 6.07) is 10.9. The molecule has 1 unspecified atom stereocenters. The standard InChI is InChI=1S/C22H22ClN5O2/c23-19-7-8-20(25-12-19)26-21(29)18-2-1-10-28(14-18)22(30)17-5-3-16(4-6-17)13-27-11-9-24-15-27/h3-9,11-12,15,18H,1-2,10,13-14H2,(H,25,26,29). The second-order valence-corrected chi connectivity index (χ2v) is 7.81. The molecule has 30 heavy (non-hydrogen) atoms. The van der Waals surface area contributed by atoms with Gasteiger partial charge in [-0.1, -0.05) is 23.7 Å². The maximum absolute atomic E-state index is 12.9. The van der Waals surface area contributed by atoms with Crippen molar-refractivity contribution < 1.29 is 9.59 Å². The first-order valence-corrected chi connectivity index (χ1v) is 10.2. The van der Waals surface area contributed by atoms with Gasteiger partial charge in [-0.25, -0.2) is 9.97 Å². The molecule has 0 bridgehead atoms. The molecule has 7 nitrogen and oxygen atoms in total. The number of rotatable bonds is 5. The maximum atomic E-state index is 12.9. The van der Waals surface area contributed by atoms with E-state index in [4.69, 9.17) is 11.6 Å². The molecule has 0 spiro atoms. The Bertz CT molecular complexity index is 1000. The van der Waals surface area contributed by atoms with Crippen LogP contribution in [-0.2, 0) is 11.3 Å². The SMILES string of the molecule is O=C(Nc1ccc(Cl)cn1)C1CCCN(C(=O)c2ccc(Cn3ccnc3)cc2)C1. The highest BCUT2D eigenvalue weighted by Crippen LogP contribution is 2.21. The normalized spacial score (nSPS) is 16.3. The lowest BCUT2D eigenvalue weighted by Crippen LogP contribution is -2.43. The first-order valence-electron chi connectivity index (χ1n) is 9.85. The van der Waals surface area contributed by atoms with Gasteiger partial charge in [0.25, 0.3) is 5.91 Å². The van der Waals surface area contributed by atoms with Crippen LogP contribution in [0.25, 0.3) is 0 Å². The van der Waals surface area contributed by atoms with Crippen molar-refractivity contribution in [2.24, 2.45) is 5.92 Å². The van der Waals surface area contributed by atoms with E-state index < -0.39 is 0 Å². The van der Waals surface area contributed by atoms with Gasteiger partial charge in [-0.3, -0.25) is 9.59 Å². The summed E-state index contributed by atoms with van der Waals surface area (Å²) in [4.78, 5) is 35.5. The van der Waals surface area contributed by atoms with E-state index in [1.807, 2.05) is 35.0 Å².